The molecule has 1 aromatic carbocycles. The van der Waals surface area contributed by atoms with Crippen LogP contribution in [0.4, 0.5) is 5.69 Å². The van der Waals surface area contributed by atoms with E-state index in [1.165, 1.54) is 10.7 Å². The zero-order valence-electron chi connectivity index (χ0n) is 10.8. The number of nitrogens with zero attached hydrogens (tertiary/aromatic N) is 2. The third-order valence-electron chi connectivity index (χ3n) is 2.69. The molecule has 2 rings (SSSR count). The van der Waals surface area contributed by atoms with E-state index in [1.54, 1.807) is 24.4 Å². The molecule has 0 aliphatic carbocycles. The van der Waals surface area contributed by atoms with Crippen LogP contribution in [0.15, 0.2) is 41.3 Å². The maximum absolute atomic E-state index is 11.9. The minimum atomic E-state index is -0.163. The molecule has 5 nitrogen and oxygen atoms in total. The Morgan fingerprint density at radius 2 is 2.21 bits per heavy atom. The molecule has 0 bridgehead atoms. The molecule has 0 aliphatic heterocycles. The summed E-state index contributed by atoms with van der Waals surface area (Å²) in [7, 11) is 0. The van der Waals surface area contributed by atoms with Crippen LogP contribution < -0.4 is 10.9 Å². The Morgan fingerprint density at radius 1 is 1.37 bits per heavy atom. The molecule has 5 heteroatoms. The standard InChI is InChI=1S/C14H17N3O2/c1-2-6-15-12-8-14(19)17(16-9-12)10-11-4-3-5-13(18)7-11/h3-5,7-9,15,18H,2,6,10H2,1H3. The highest BCUT2D eigenvalue weighted by Crippen LogP contribution is 2.11. The lowest BCUT2D eigenvalue weighted by Crippen LogP contribution is -2.23. The summed E-state index contributed by atoms with van der Waals surface area (Å²) in [5, 5.41) is 16.6. The SMILES string of the molecule is CCCNc1cnn(Cc2cccc(O)c2)c(=O)c1. The van der Waals surface area contributed by atoms with Crippen molar-refractivity contribution in [2.45, 2.75) is 19.9 Å². The lowest BCUT2D eigenvalue weighted by molar-refractivity contribution is 0.474. The van der Waals surface area contributed by atoms with Crippen LogP contribution >= 0.6 is 0 Å². The predicted molar refractivity (Wildman–Crippen MR) is 74.5 cm³/mol. The summed E-state index contributed by atoms with van der Waals surface area (Å²) >= 11 is 0. The largest absolute Gasteiger partial charge is 0.508 e. The second-order valence-corrected chi connectivity index (χ2v) is 4.34. The lowest BCUT2D eigenvalue weighted by atomic mass is 10.2. The van der Waals surface area contributed by atoms with Gasteiger partial charge in [0.2, 0.25) is 0 Å². The predicted octanol–water partition coefficient (Wildman–Crippen LogP) is 1.82. The summed E-state index contributed by atoms with van der Waals surface area (Å²) in [5.74, 6) is 0.187. The summed E-state index contributed by atoms with van der Waals surface area (Å²) in [5.41, 5.74) is 1.41. The fourth-order valence-corrected chi connectivity index (χ4v) is 1.75. The molecule has 0 unspecified atom stereocenters. The Labute approximate surface area is 111 Å². The molecule has 1 heterocycles. The van der Waals surface area contributed by atoms with Gasteiger partial charge in [-0.1, -0.05) is 19.1 Å². The summed E-state index contributed by atoms with van der Waals surface area (Å²) in [6.45, 7) is 3.22. The molecule has 1 aromatic heterocycles. The molecule has 0 aliphatic rings. The first-order valence-electron chi connectivity index (χ1n) is 6.28. The van der Waals surface area contributed by atoms with Gasteiger partial charge >= 0.3 is 0 Å². The third kappa shape index (κ3) is 3.58. The number of aromatic nitrogens is 2. The van der Waals surface area contributed by atoms with Crippen molar-refractivity contribution in [2.24, 2.45) is 0 Å². The van der Waals surface area contributed by atoms with Crippen molar-refractivity contribution in [3.63, 3.8) is 0 Å². The van der Waals surface area contributed by atoms with Crippen molar-refractivity contribution in [2.75, 3.05) is 11.9 Å². The third-order valence-corrected chi connectivity index (χ3v) is 2.69. The van der Waals surface area contributed by atoms with E-state index in [9.17, 15) is 9.90 Å². The van der Waals surface area contributed by atoms with E-state index in [1.807, 2.05) is 6.07 Å². The van der Waals surface area contributed by atoms with Crippen LogP contribution in [-0.4, -0.2) is 21.4 Å². The van der Waals surface area contributed by atoms with E-state index in [0.717, 1.165) is 24.2 Å². The molecule has 0 atom stereocenters. The van der Waals surface area contributed by atoms with E-state index in [-0.39, 0.29) is 11.3 Å². The highest BCUT2D eigenvalue weighted by molar-refractivity contribution is 5.38. The first-order valence-corrected chi connectivity index (χ1v) is 6.28. The van der Waals surface area contributed by atoms with Gasteiger partial charge in [0.25, 0.3) is 5.56 Å². The Bertz CT molecular complexity index is 608. The van der Waals surface area contributed by atoms with Crippen molar-refractivity contribution in [1.29, 1.82) is 0 Å². The zero-order valence-corrected chi connectivity index (χ0v) is 10.8. The van der Waals surface area contributed by atoms with Crippen molar-refractivity contribution < 1.29 is 5.11 Å². The van der Waals surface area contributed by atoms with Gasteiger partial charge in [0.1, 0.15) is 5.75 Å². The van der Waals surface area contributed by atoms with Crippen molar-refractivity contribution in [3.05, 3.63) is 52.4 Å². The molecule has 0 spiro atoms. The van der Waals surface area contributed by atoms with Gasteiger partial charge in [-0.15, -0.1) is 0 Å². The van der Waals surface area contributed by atoms with E-state index in [2.05, 4.69) is 17.3 Å². The van der Waals surface area contributed by atoms with Crippen LogP contribution in [0.3, 0.4) is 0 Å². The molecule has 0 fully saturated rings. The van der Waals surface area contributed by atoms with E-state index in [0.29, 0.717) is 6.54 Å². The maximum Gasteiger partial charge on any atom is 0.269 e. The van der Waals surface area contributed by atoms with Crippen molar-refractivity contribution >= 4 is 5.69 Å². The number of nitrogens with one attached hydrogen (secondary N) is 1. The number of hydrogen-bond donors (Lipinski definition) is 2. The minimum Gasteiger partial charge on any atom is -0.508 e. The number of phenols is 1. The zero-order chi connectivity index (χ0) is 13.7. The molecular formula is C14H17N3O2. The van der Waals surface area contributed by atoms with Gasteiger partial charge < -0.3 is 10.4 Å². The molecule has 0 saturated heterocycles. The molecule has 19 heavy (non-hydrogen) atoms. The number of aromatic hydroxyl groups is 1. The molecule has 0 saturated carbocycles. The fourth-order valence-electron chi connectivity index (χ4n) is 1.75. The average molecular weight is 259 g/mol. The van der Waals surface area contributed by atoms with Crippen LogP contribution in [0.1, 0.15) is 18.9 Å². The van der Waals surface area contributed by atoms with Gasteiger partial charge in [0, 0.05) is 12.6 Å². The topological polar surface area (TPSA) is 67.2 Å². The van der Waals surface area contributed by atoms with Crippen LogP contribution in [0, 0.1) is 0 Å². The summed E-state index contributed by atoms with van der Waals surface area (Å²) in [6.07, 6.45) is 2.63. The van der Waals surface area contributed by atoms with Crippen molar-refractivity contribution in [1.82, 2.24) is 9.78 Å². The highest BCUT2D eigenvalue weighted by Gasteiger charge is 2.02. The van der Waals surface area contributed by atoms with Gasteiger partial charge in [0.15, 0.2) is 0 Å². The monoisotopic (exact) mass is 259 g/mol. The molecule has 100 valence electrons. The maximum atomic E-state index is 11.9. The average Bonchev–Trinajstić information content (AvgIpc) is 2.39. The minimum absolute atomic E-state index is 0.163. The first kappa shape index (κ1) is 13.1. The Hall–Kier alpha value is -2.30. The summed E-state index contributed by atoms with van der Waals surface area (Å²) < 4.78 is 1.37. The highest BCUT2D eigenvalue weighted by atomic mass is 16.3. The molecule has 0 radical (unpaired) electrons. The van der Waals surface area contributed by atoms with Gasteiger partial charge in [-0.2, -0.15) is 5.10 Å². The number of rotatable bonds is 5. The van der Waals surface area contributed by atoms with E-state index in [4.69, 9.17) is 0 Å². The van der Waals surface area contributed by atoms with Gasteiger partial charge in [-0.05, 0) is 24.1 Å². The second-order valence-electron chi connectivity index (χ2n) is 4.34. The summed E-state index contributed by atoms with van der Waals surface area (Å²) in [6, 6.07) is 8.34. The summed E-state index contributed by atoms with van der Waals surface area (Å²) in [4.78, 5) is 11.9. The second kappa shape index (κ2) is 6.04. The Morgan fingerprint density at radius 3 is 2.89 bits per heavy atom. The number of anilines is 1. The van der Waals surface area contributed by atoms with Crippen molar-refractivity contribution in [3.8, 4) is 5.75 Å². The molecule has 2 aromatic rings. The van der Waals surface area contributed by atoms with E-state index < -0.39 is 0 Å². The molecule has 2 N–H and O–H groups in total. The Kier molecular flexibility index (Phi) is 4.18. The fraction of sp³-hybridized carbons (Fsp3) is 0.286. The molecular weight excluding hydrogens is 242 g/mol. The van der Waals surface area contributed by atoms with Gasteiger partial charge in [0.05, 0.1) is 18.4 Å². The first-order chi connectivity index (χ1) is 9.19. The smallest absolute Gasteiger partial charge is 0.269 e. The lowest BCUT2D eigenvalue weighted by Gasteiger charge is -2.07. The van der Waals surface area contributed by atoms with Crippen LogP contribution in [0.5, 0.6) is 5.75 Å². The quantitative estimate of drug-likeness (QED) is 0.859. The number of hydrogen-bond acceptors (Lipinski definition) is 4. The Balaban J connectivity index is 2.15. The van der Waals surface area contributed by atoms with Crippen LogP contribution in [-0.2, 0) is 6.54 Å². The van der Waals surface area contributed by atoms with Crippen LogP contribution in [0.2, 0.25) is 0 Å². The molecule has 0 amide bonds. The van der Waals surface area contributed by atoms with Gasteiger partial charge in [-0.3, -0.25) is 4.79 Å². The number of benzene rings is 1. The van der Waals surface area contributed by atoms with Gasteiger partial charge in [-0.25, -0.2) is 4.68 Å². The normalized spacial score (nSPS) is 10.4. The number of phenolic OH excluding ortho intramolecular Hbond substituents is 1. The van der Waals surface area contributed by atoms with Crippen LogP contribution in [0.25, 0.3) is 0 Å². The van der Waals surface area contributed by atoms with E-state index >= 15 is 0 Å².